The van der Waals surface area contributed by atoms with E-state index >= 15 is 0 Å². The molecule has 0 aliphatic rings. The molecule has 0 spiro atoms. The number of rotatable bonds is 4. The van der Waals surface area contributed by atoms with Gasteiger partial charge in [0.2, 0.25) is 5.82 Å². The van der Waals surface area contributed by atoms with Crippen molar-refractivity contribution in [2.75, 3.05) is 0 Å². The Balaban J connectivity index is 2.19. The van der Waals surface area contributed by atoms with Gasteiger partial charge >= 0.3 is 5.69 Å². The Labute approximate surface area is 118 Å². The smallest absolute Gasteiger partial charge is 0.258 e. The van der Waals surface area contributed by atoms with Gasteiger partial charge in [-0.25, -0.2) is 0 Å². The Morgan fingerprint density at radius 2 is 1.95 bits per heavy atom. The van der Waals surface area contributed by atoms with Gasteiger partial charge in [0.05, 0.1) is 9.95 Å². The molecule has 0 aliphatic carbocycles. The monoisotopic (exact) mass is 297 g/mol. The third-order valence-electron chi connectivity index (χ3n) is 2.47. The molecule has 0 radical (unpaired) electrons. The van der Waals surface area contributed by atoms with Crippen LogP contribution in [0.2, 0.25) is 5.02 Å². The predicted molar refractivity (Wildman–Crippen MR) is 74.1 cm³/mol. The molecule has 19 heavy (non-hydrogen) atoms. The summed E-state index contributed by atoms with van der Waals surface area (Å²) in [7, 11) is 0. The lowest BCUT2D eigenvalue weighted by atomic mass is 10.2. The van der Waals surface area contributed by atoms with Crippen LogP contribution < -0.4 is 0 Å². The summed E-state index contributed by atoms with van der Waals surface area (Å²) >= 11 is 7.33. The second-order valence-corrected chi connectivity index (χ2v) is 5.15. The van der Waals surface area contributed by atoms with Crippen LogP contribution in [0.3, 0.4) is 0 Å². The first-order valence-electron chi connectivity index (χ1n) is 5.38. The molecule has 0 unspecified atom stereocenters. The van der Waals surface area contributed by atoms with Crippen LogP contribution in [-0.4, -0.2) is 4.92 Å². The summed E-state index contributed by atoms with van der Waals surface area (Å²) in [6.07, 6.45) is 0. The van der Waals surface area contributed by atoms with E-state index in [0.29, 0.717) is 10.6 Å². The number of hydrogen-bond donors (Lipinski definition) is 0. The second-order valence-electron chi connectivity index (χ2n) is 3.73. The van der Waals surface area contributed by atoms with E-state index in [1.54, 1.807) is 12.1 Å². The van der Waals surface area contributed by atoms with Gasteiger partial charge in [0.25, 0.3) is 0 Å². The molecule has 3 nitrogen and oxygen atoms in total. The van der Waals surface area contributed by atoms with Gasteiger partial charge in [0.15, 0.2) is 0 Å². The molecular formula is C13H9ClFNO2S. The summed E-state index contributed by atoms with van der Waals surface area (Å²) in [5, 5.41) is 11.2. The summed E-state index contributed by atoms with van der Waals surface area (Å²) in [5.74, 6) is -0.496. The molecule has 0 atom stereocenters. The summed E-state index contributed by atoms with van der Waals surface area (Å²) in [6, 6.07) is 11.4. The van der Waals surface area contributed by atoms with Gasteiger partial charge in [-0.05, 0) is 12.1 Å². The molecule has 2 rings (SSSR count). The van der Waals surface area contributed by atoms with Crippen molar-refractivity contribution < 1.29 is 9.31 Å². The normalized spacial score (nSPS) is 10.4. The van der Waals surface area contributed by atoms with Gasteiger partial charge in [-0.2, -0.15) is 4.39 Å². The molecule has 2 aromatic rings. The number of nitro groups is 1. The van der Waals surface area contributed by atoms with Crippen molar-refractivity contribution in [3.05, 3.63) is 69.0 Å². The Hall–Kier alpha value is -1.59. The third kappa shape index (κ3) is 3.24. The predicted octanol–water partition coefficient (Wildman–Crippen LogP) is 4.68. The van der Waals surface area contributed by atoms with Gasteiger partial charge in [0.1, 0.15) is 0 Å². The summed E-state index contributed by atoms with van der Waals surface area (Å²) < 4.78 is 13.8. The largest absolute Gasteiger partial charge is 0.305 e. The van der Waals surface area contributed by atoms with Crippen molar-refractivity contribution in [1.29, 1.82) is 0 Å². The first-order valence-corrected chi connectivity index (χ1v) is 6.75. The number of hydrogen-bond acceptors (Lipinski definition) is 3. The summed E-state index contributed by atoms with van der Waals surface area (Å²) in [4.78, 5) is 10.7. The van der Waals surface area contributed by atoms with Crippen molar-refractivity contribution in [1.82, 2.24) is 0 Å². The zero-order valence-corrected chi connectivity index (χ0v) is 11.2. The third-order valence-corrected chi connectivity index (χ3v) is 4.04. The van der Waals surface area contributed by atoms with E-state index in [4.69, 9.17) is 11.6 Å². The molecule has 0 aromatic heterocycles. The fourth-order valence-corrected chi connectivity index (χ4v) is 2.75. The molecule has 0 N–H and O–H groups in total. The van der Waals surface area contributed by atoms with Crippen LogP contribution in [0, 0.1) is 15.9 Å². The fraction of sp³-hybridized carbons (Fsp3) is 0.0769. The quantitative estimate of drug-likeness (QED) is 0.467. The highest BCUT2D eigenvalue weighted by molar-refractivity contribution is 7.98. The van der Waals surface area contributed by atoms with Crippen molar-refractivity contribution in [2.45, 2.75) is 10.6 Å². The number of thioether (sulfide) groups is 1. The van der Waals surface area contributed by atoms with E-state index in [9.17, 15) is 14.5 Å². The zero-order chi connectivity index (χ0) is 13.8. The van der Waals surface area contributed by atoms with E-state index in [-0.39, 0.29) is 5.75 Å². The molecule has 0 saturated carbocycles. The lowest BCUT2D eigenvalue weighted by Crippen LogP contribution is -1.96. The van der Waals surface area contributed by atoms with Crippen molar-refractivity contribution in [3.8, 4) is 0 Å². The van der Waals surface area contributed by atoms with Gasteiger partial charge in [-0.1, -0.05) is 35.9 Å². The van der Waals surface area contributed by atoms with Crippen LogP contribution in [0.5, 0.6) is 0 Å². The van der Waals surface area contributed by atoms with Crippen LogP contribution in [0.4, 0.5) is 10.1 Å². The van der Waals surface area contributed by atoms with E-state index in [1.165, 1.54) is 23.9 Å². The van der Waals surface area contributed by atoms with E-state index in [2.05, 4.69) is 0 Å². The van der Waals surface area contributed by atoms with Gasteiger partial charge in [0, 0.05) is 22.3 Å². The Morgan fingerprint density at radius 3 is 2.63 bits per heavy atom. The van der Waals surface area contributed by atoms with Crippen LogP contribution in [0.1, 0.15) is 5.56 Å². The molecule has 98 valence electrons. The van der Waals surface area contributed by atoms with Crippen LogP contribution in [-0.2, 0) is 5.75 Å². The van der Waals surface area contributed by atoms with Gasteiger partial charge in [-0.3, -0.25) is 10.1 Å². The topological polar surface area (TPSA) is 43.1 Å². The van der Waals surface area contributed by atoms with E-state index < -0.39 is 16.4 Å². The van der Waals surface area contributed by atoms with Crippen molar-refractivity contribution >= 4 is 29.1 Å². The maximum Gasteiger partial charge on any atom is 0.305 e. The zero-order valence-electron chi connectivity index (χ0n) is 9.68. The highest BCUT2D eigenvalue weighted by atomic mass is 35.5. The second kappa shape index (κ2) is 6.04. The summed E-state index contributed by atoms with van der Waals surface area (Å²) in [6.45, 7) is 0. The Bertz CT molecular complexity index is 621. The molecule has 0 saturated heterocycles. The highest BCUT2D eigenvalue weighted by Crippen LogP contribution is 2.31. The maximum absolute atomic E-state index is 13.8. The SMILES string of the molecule is O=[N+]([O-])c1cccc(CSc2ccccc2Cl)c1F. The molecule has 0 heterocycles. The average Bonchev–Trinajstić information content (AvgIpc) is 2.39. The first-order chi connectivity index (χ1) is 9.09. The van der Waals surface area contributed by atoms with Crippen molar-refractivity contribution in [3.63, 3.8) is 0 Å². The van der Waals surface area contributed by atoms with E-state index in [0.717, 1.165) is 11.0 Å². The Kier molecular flexibility index (Phi) is 4.39. The minimum atomic E-state index is -0.785. The van der Waals surface area contributed by atoms with Gasteiger partial charge < -0.3 is 0 Å². The molecule has 0 bridgehead atoms. The number of halogens is 2. The van der Waals surface area contributed by atoms with Crippen molar-refractivity contribution in [2.24, 2.45) is 0 Å². The van der Waals surface area contributed by atoms with E-state index in [1.807, 2.05) is 12.1 Å². The highest BCUT2D eigenvalue weighted by Gasteiger charge is 2.17. The molecule has 0 amide bonds. The lowest BCUT2D eigenvalue weighted by molar-refractivity contribution is -0.387. The van der Waals surface area contributed by atoms with Crippen LogP contribution >= 0.6 is 23.4 Å². The molecule has 0 aliphatic heterocycles. The molecule has 0 fully saturated rings. The summed E-state index contributed by atoms with van der Waals surface area (Å²) in [5.41, 5.74) is -0.212. The lowest BCUT2D eigenvalue weighted by Gasteiger charge is -2.05. The molecule has 6 heteroatoms. The molecular weight excluding hydrogens is 289 g/mol. The van der Waals surface area contributed by atoms with Crippen LogP contribution in [0.25, 0.3) is 0 Å². The number of nitrogens with zero attached hydrogens (tertiary/aromatic N) is 1. The minimum Gasteiger partial charge on any atom is -0.258 e. The first kappa shape index (κ1) is 13.8. The molecule has 2 aromatic carbocycles. The maximum atomic E-state index is 13.8. The van der Waals surface area contributed by atoms with Crippen LogP contribution in [0.15, 0.2) is 47.4 Å². The number of benzene rings is 2. The average molecular weight is 298 g/mol. The number of nitro benzene ring substituents is 1. The fourth-order valence-electron chi connectivity index (χ4n) is 1.54. The van der Waals surface area contributed by atoms with Gasteiger partial charge in [-0.15, -0.1) is 11.8 Å². The Morgan fingerprint density at radius 1 is 1.21 bits per heavy atom. The minimum absolute atomic E-state index is 0.289. The standard InChI is InChI=1S/C13H9ClFNO2S/c14-10-5-1-2-7-12(10)19-8-9-4-3-6-11(13(9)15)16(17)18/h1-7H,8H2.